The molecule has 2 amide bonds. The van der Waals surface area contributed by atoms with Crippen molar-refractivity contribution in [2.45, 2.75) is 18.9 Å². The second-order valence-electron chi connectivity index (χ2n) is 7.24. The highest BCUT2D eigenvalue weighted by molar-refractivity contribution is 5.94. The number of carbonyl (C=O) groups excluding carboxylic acids is 2. The van der Waals surface area contributed by atoms with E-state index in [0.29, 0.717) is 37.5 Å². The first kappa shape index (κ1) is 17.5. The molecule has 7 heteroatoms. The molecule has 29 heavy (non-hydrogen) atoms. The molecule has 0 radical (unpaired) electrons. The van der Waals surface area contributed by atoms with Crippen molar-refractivity contribution < 1.29 is 18.7 Å². The van der Waals surface area contributed by atoms with Crippen LogP contribution in [0.15, 0.2) is 53.3 Å². The number of para-hydroxylation sites is 1. The first-order chi connectivity index (χ1) is 14.2. The number of carbonyl (C=O) groups is 2. The van der Waals surface area contributed by atoms with Gasteiger partial charge in [-0.25, -0.2) is 4.98 Å². The lowest BCUT2D eigenvalue weighted by atomic mass is 10.0. The van der Waals surface area contributed by atoms with E-state index >= 15 is 0 Å². The molecule has 4 heterocycles. The summed E-state index contributed by atoms with van der Waals surface area (Å²) in [4.78, 5) is 29.8. The fraction of sp³-hybridized carbons (Fsp3) is 0.227. The van der Waals surface area contributed by atoms with Crippen molar-refractivity contribution in [3.05, 3.63) is 60.0 Å². The van der Waals surface area contributed by atoms with Crippen LogP contribution in [0.4, 0.5) is 5.82 Å². The number of nitrogens with zero attached hydrogens (tertiary/aromatic N) is 2. The number of anilines is 1. The Labute approximate surface area is 167 Å². The van der Waals surface area contributed by atoms with Crippen LogP contribution in [0.5, 0.6) is 5.75 Å². The maximum absolute atomic E-state index is 12.4. The number of furan rings is 1. The van der Waals surface area contributed by atoms with Crippen LogP contribution >= 0.6 is 0 Å². The van der Waals surface area contributed by atoms with Gasteiger partial charge in [0.2, 0.25) is 11.8 Å². The van der Waals surface area contributed by atoms with E-state index in [1.54, 1.807) is 29.5 Å². The maximum atomic E-state index is 12.4. The number of likely N-dealkylation sites (tertiary alicyclic amines) is 1. The van der Waals surface area contributed by atoms with E-state index in [2.05, 4.69) is 10.3 Å². The lowest BCUT2D eigenvalue weighted by Gasteiger charge is -2.38. The van der Waals surface area contributed by atoms with Crippen molar-refractivity contribution in [2.24, 2.45) is 0 Å². The van der Waals surface area contributed by atoms with Gasteiger partial charge < -0.3 is 19.4 Å². The predicted octanol–water partition coefficient (Wildman–Crippen LogP) is 3.02. The molecule has 0 saturated carbocycles. The minimum absolute atomic E-state index is 0.0127. The van der Waals surface area contributed by atoms with Crippen molar-refractivity contribution in [1.29, 1.82) is 0 Å². The summed E-state index contributed by atoms with van der Waals surface area (Å²) < 4.78 is 11.5. The van der Waals surface area contributed by atoms with Gasteiger partial charge in [-0.2, -0.15) is 0 Å². The molecule has 0 aliphatic carbocycles. The van der Waals surface area contributed by atoms with Gasteiger partial charge in [0, 0.05) is 24.1 Å². The number of hydrogen-bond donors (Lipinski definition) is 1. The van der Waals surface area contributed by atoms with Crippen LogP contribution in [0.1, 0.15) is 17.5 Å². The van der Waals surface area contributed by atoms with E-state index in [0.717, 1.165) is 22.1 Å². The van der Waals surface area contributed by atoms with Crippen LogP contribution < -0.4 is 10.1 Å². The molecule has 0 spiro atoms. The Bertz CT molecular complexity index is 1130. The Hall–Kier alpha value is -3.61. The van der Waals surface area contributed by atoms with Crippen LogP contribution in [0.2, 0.25) is 0 Å². The van der Waals surface area contributed by atoms with Crippen molar-refractivity contribution in [3.63, 3.8) is 0 Å². The summed E-state index contributed by atoms with van der Waals surface area (Å²) in [6.07, 6.45) is 7.68. The largest absolute Gasteiger partial charge is 0.483 e. The molecule has 2 aromatic heterocycles. The molecule has 146 valence electrons. The number of ether oxygens (including phenoxy) is 1. The Balaban J connectivity index is 1.18. The molecule has 1 fully saturated rings. The predicted molar refractivity (Wildman–Crippen MR) is 107 cm³/mol. The molecular formula is C22H19N3O4. The zero-order chi connectivity index (χ0) is 19.8. The maximum Gasteiger partial charge on any atom is 0.246 e. The Kier molecular flexibility index (Phi) is 4.27. The summed E-state index contributed by atoms with van der Waals surface area (Å²) >= 11 is 0. The topological polar surface area (TPSA) is 84.7 Å². The third-order valence-corrected chi connectivity index (χ3v) is 5.18. The number of nitrogens with one attached hydrogen (secondary N) is 1. The normalized spacial score (nSPS) is 16.6. The first-order valence-electron chi connectivity index (χ1n) is 9.54. The van der Waals surface area contributed by atoms with Gasteiger partial charge in [-0.1, -0.05) is 12.1 Å². The van der Waals surface area contributed by atoms with Gasteiger partial charge in [0.15, 0.2) is 11.3 Å². The summed E-state index contributed by atoms with van der Waals surface area (Å²) in [6.45, 7) is 1.07. The highest BCUT2D eigenvalue weighted by Crippen LogP contribution is 2.29. The summed E-state index contributed by atoms with van der Waals surface area (Å²) in [5, 5.41) is 3.75. The fourth-order valence-corrected chi connectivity index (χ4v) is 3.57. The van der Waals surface area contributed by atoms with Crippen LogP contribution in [0.3, 0.4) is 0 Å². The van der Waals surface area contributed by atoms with Gasteiger partial charge in [-0.05, 0) is 41.8 Å². The Morgan fingerprint density at radius 2 is 2.17 bits per heavy atom. The molecule has 7 nitrogen and oxygen atoms in total. The summed E-state index contributed by atoms with van der Waals surface area (Å²) in [5.74, 6) is 1.24. The van der Waals surface area contributed by atoms with Gasteiger partial charge in [0.25, 0.3) is 0 Å². The number of benzene rings is 1. The average molecular weight is 389 g/mol. The van der Waals surface area contributed by atoms with Crippen LogP contribution in [-0.4, -0.2) is 40.9 Å². The Morgan fingerprint density at radius 3 is 3.07 bits per heavy atom. The number of rotatable bonds is 4. The quantitative estimate of drug-likeness (QED) is 0.694. The number of aromatic nitrogens is 1. The molecule has 1 saturated heterocycles. The second kappa shape index (κ2) is 7.09. The molecule has 0 unspecified atom stereocenters. The van der Waals surface area contributed by atoms with Gasteiger partial charge in [-0.15, -0.1) is 0 Å². The SMILES string of the molecule is O=C1CCc2cc(C=CC(=O)N3CC(Oc4cccc5ccoc45)C3)cnc2N1. The Morgan fingerprint density at radius 1 is 1.28 bits per heavy atom. The van der Waals surface area contributed by atoms with Crippen LogP contribution in [-0.2, 0) is 16.0 Å². The molecule has 0 atom stereocenters. The van der Waals surface area contributed by atoms with Crippen molar-refractivity contribution in [2.75, 3.05) is 18.4 Å². The zero-order valence-electron chi connectivity index (χ0n) is 15.6. The van der Waals surface area contributed by atoms with Gasteiger partial charge >= 0.3 is 0 Å². The molecule has 2 aliphatic heterocycles. The standard InChI is InChI=1S/C22H19N3O4/c26-19-6-5-16-10-14(11-23-22(16)24-19)4-7-20(27)25-12-17(13-25)29-18-3-1-2-15-8-9-28-21(15)18/h1-4,7-11,17H,5-6,12-13H2,(H,23,24,26). The van der Waals surface area contributed by atoms with E-state index in [4.69, 9.17) is 9.15 Å². The molecule has 1 N–H and O–H groups in total. The van der Waals surface area contributed by atoms with Gasteiger partial charge in [0.1, 0.15) is 11.9 Å². The fourth-order valence-electron chi connectivity index (χ4n) is 3.57. The minimum Gasteiger partial charge on any atom is -0.483 e. The number of pyridine rings is 1. The summed E-state index contributed by atoms with van der Waals surface area (Å²) in [6, 6.07) is 9.62. The third-order valence-electron chi connectivity index (χ3n) is 5.18. The number of hydrogen-bond acceptors (Lipinski definition) is 5. The molecule has 3 aromatic rings. The van der Waals surface area contributed by atoms with Crippen molar-refractivity contribution in [3.8, 4) is 5.75 Å². The molecule has 1 aromatic carbocycles. The second-order valence-corrected chi connectivity index (χ2v) is 7.24. The van der Waals surface area contributed by atoms with Crippen molar-refractivity contribution in [1.82, 2.24) is 9.88 Å². The van der Waals surface area contributed by atoms with E-state index in [1.807, 2.05) is 30.3 Å². The monoisotopic (exact) mass is 389 g/mol. The summed E-state index contributed by atoms with van der Waals surface area (Å²) in [5.41, 5.74) is 2.56. The van der Waals surface area contributed by atoms with E-state index in [-0.39, 0.29) is 17.9 Å². The average Bonchev–Trinajstić information content (AvgIpc) is 3.18. The lowest BCUT2D eigenvalue weighted by Crippen LogP contribution is -2.55. The molecular weight excluding hydrogens is 370 g/mol. The van der Waals surface area contributed by atoms with Crippen molar-refractivity contribution >= 4 is 34.7 Å². The summed E-state index contributed by atoms with van der Waals surface area (Å²) in [7, 11) is 0. The van der Waals surface area contributed by atoms with Gasteiger partial charge in [0.05, 0.1) is 19.4 Å². The zero-order valence-corrected chi connectivity index (χ0v) is 15.6. The highest BCUT2D eigenvalue weighted by Gasteiger charge is 2.31. The van der Waals surface area contributed by atoms with E-state index in [1.165, 1.54) is 0 Å². The van der Waals surface area contributed by atoms with Crippen LogP contribution in [0, 0.1) is 0 Å². The molecule has 5 rings (SSSR count). The number of aryl methyl sites for hydroxylation is 1. The van der Waals surface area contributed by atoms with E-state index < -0.39 is 0 Å². The van der Waals surface area contributed by atoms with Gasteiger partial charge in [-0.3, -0.25) is 9.59 Å². The molecule has 0 bridgehead atoms. The molecule has 2 aliphatic rings. The smallest absolute Gasteiger partial charge is 0.246 e. The highest BCUT2D eigenvalue weighted by atomic mass is 16.5. The van der Waals surface area contributed by atoms with E-state index in [9.17, 15) is 9.59 Å². The first-order valence-corrected chi connectivity index (χ1v) is 9.54. The minimum atomic E-state index is -0.0629. The third kappa shape index (κ3) is 3.47. The number of amides is 2. The number of fused-ring (bicyclic) bond motifs is 2. The van der Waals surface area contributed by atoms with Crippen LogP contribution in [0.25, 0.3) is 17.0 Å². The lowest BCUT2D eigenvalue weighted by molar-refractivity contribution is -0.134.